The number of aliphatic carboxylic acids is 1. The molecule has 0 aliphatic carbocycles. The normalized spacial score (nSPS) is 20.9. The van der Waals surface area contributed by atoms with E-state index in [4.69, 9.17) is 22.3 Å². The van der Waals surface area contributed by atoms with Gasteiger partial charge in [0, 0.05) is 25.4 Å². The molecule has 15 heteroatoms. The quantitative estimate of drug-likeness (QED) is 0.0590. The average molecular weight is 529 g/mol. The van der Waals surface area contributed by atoms with Gasteiger partial charge in [0.05, 0.1) is 12.6 Å². The summed E-state index contributed by atoms with van der Waals surface area (Å²) in [6.45, 7) is 0.669. The van der Waals surface area contributed by atoms with E-state index in [-0.39, 0.29) is 23.5 Å². The van der Waals surface area contributed by atoms with E-state index < -0.39 is 48.5 Å². The number of nitrogens with two attached hydrogens (primary N) is 3. The fourth-order valence-corrected chi connectivity index (χ4v) is 4.60. The number of nitrogens with zero attached hydrogens (tertiary/aromatic N) is 3. The smallest absolute Gasteiger partial charge is 0.327 e. The molecule has 14 nitrogen and oxygen atoms in total. The number of amides is 4. The molecule has 4 atom stereocenters. The summed E-state index contributed by atoms with van der Waals surface area (Å²) in [5.41, 5.74) is 16.6. The number of rotatable bonds is 12. The first-order valence-corrected chi connectivity index (χ1v) is 12.5. The topological polar surface area (TPSA) is 227 Å². The zero-order valence-corrected chi connectivity index (χ0v) is 21.0. The highest BCUT2D eigenvalue weighted by Gasteiger charge is 2.42. The summed E-state index contributed by atoms with van der Waals surface area (Å²) < 4.78 is 0. The number of guanidine groups is 1. The van der Waals surface area contributed by atoms with E-state index in [1.807, 2.05) is 0 Å². The SMILES string of the molecule is NC(N)=NCCCC(N)C(=O)N1CCCC1C(=O)N1CCCC1C(=O)NCC(=O)NC(CS)C(=O)O. The van der Waals surface area contributed by atoms with Crippen molar-refractivity contribution in [2.75, 3.05) is 31.9 Å². The van der Waals surface area contributed by atoms with Crippen molar-refractivity contribution in [2.45, 2.75) is 62.7 Å². The molecule has 2 aliphatic heterocycles. The Morgan fingerprint density at radius 3 is 2.31 bits per heavy atom. The molecule has 2 heterocycles. The van der Waals surface area contributed by atoms with E-state index in [0.29, 0.717) is 58.2 Å². The Morgan fingerprint density at radius 1 is 1.06 bits per heavy atom. The van der Waals surface area contributed by atoms with Crippen LogP contribution >= 0.6 is 12.6 Å². The van der Waals surface area contributed by atoms with Crippen molar-refractivity contribution in [1.29, 1.82) is 0 Å². The van der Waals surface area contributed by atoms with Crippen LogP contribution in [0.4, 0.5) is 0 Å². The van der Waals surface area contributed by atoms with Crippen LogP contribution in [-0.2, 0) is 24.0 Å². The van der Waals surface area contributed by atoms with E-state index >= 15 is 0 Å². The molecule has 0 saturated carbocycles. The Hall–Kier alpha value is -3.07. The zero-order chi connectivity index (χ0) is 26.8. The van der Waals surface area contributed by atoms with E-state index in [0.717, 1.165) is 0 Å². The van der Waals surface area contributed by atoms with E-state index in [9.17, 15) is 24.0 Å². The number of hydrogen-bond acceptors (Lipinski definition) is 8. The van der Waals surface area contributed by atoms with Crippen LogP contribution in [0.2, 0.25) is 0 Å². The lowest BCUT2D eigenvalue weighted by Crippen LogP contribution is -2.55. The van der Waals surface area contributed by atoms with Crippen molar-refractivity contribution in [1.82, 2.24) is 20.4 Å². The van der Waals surface area contributed by atoms with E-state index in [1.54, 1.807) is 0 Å². The number of carboxylic acids is 1. The third kappa shape index (κ3) is 7.98. The summed E-state index contributed by atoms with van der Waals surface area (Å²) >= 11 is 3.87. The van der Waals surface area contributed by atoms with Crippen LogP contribution < -0.4 is 27.8 Å². The van der Waals surface area contributed by atoms with Gasteiger partial charge in [0.2, 0.25) is 23.6 Å². The molecule has 0 aromatic rings. The standard InChI is InChI=1S/C21H36N8O6S/c22-12(4-1-7-25-21(23)24)18(32)29-9-3-6-15(29)19(33)28-8-2-5-14(28)17(31)26-10-16(30)27-13(11-36)20(34)35/h12-15,36H,1-11,22H2,(H,26,31)(H,27,30)(H,34,35)(H4,23,24,25). The van der Waals surface area contributed by atoms with Crippen LogP contribution in [0.3, 0.4) is 0 Å². The third-order valence-electron chi connectivity index (χ3n) is 6.18. The minimum atomic E-state index is -1.23. The van der Waals surface area contributed by atoms with Crippen molar-refractivity contribution < 1.29 is 29.1 Å². The number of hydrogen-bond donors (Lipinski definition) is 7. The van der Waals surface area contributed by atoms with Gasteiger partial charge < -0.3 is 42.7 Å². The molecule has 9 N–H and O–H groups in total. The first-order valence-electron chi connectivity index (χ1n) is 11.9. The van der Waals surface area contributed by atoms with Gasteiger partial charge in [-0.25, -0.2) is 4.79 Å². The molecule has 0 bridgehead atoms. The van der Waals surface area contributed by atoms with Crippen LogP contribution in [0.25, 0.3) is 0 Å². The van der Waals surface area contributed by atoms with Gasteiger partial charge in [-0.15, -0.1) is 0 Å². The van der Waals surface area contributed by atoms with Crippen LogP contribution in [0.15, 0.2) is 4.99 Å². The van der Waals surface area contributed by atoms with Crippen LogP contribution in [0.1, 0.15) is 38.5 Å². The first-order chi connectivity index (χ1) is 17.1. The molecular formula is C21H36N8O6S. The third-order valence-corrected chi connectivity index (χ3v) is 6.55. The van der Waals surface area contributed by atoms with Crippen molar-refractivity contribution in [3.8, 4) is 0 Å². The van der Waals surface area contributed by atoms with Crippen LogP contribution in [0, 0.1) is 0 Å². The summed E-state index contributed by atoms with van der Waals surface area (Å²) in [5.74, 6) is -3.21. The average Bonchev–Trinajstić information content (AvgIpc) is 3.52. The van der Waals surface area contributed by atoms with E-state index in [1.165, 1.54) is 9.80 Å². The summed E-state index contributed by atoms with van der Waals surface area (Å²) in [5, 5.41) is 13.7. The number of likely N-dealkylation sites (tertiary alicyclic amines) is 2. The van der Waals surface area contributed by atoms with Gasteiger partial charge in [0.25, 0.3) is 0 Å². The number of thiol groups is 1. The maximum Gasteiger partial charge on any atom is 0.327 e. The van der Waals surface area contributed by atoms with Gasteiger partial charge in [-0.05, 0) is 38.5 Å². The van der Waals surface area contributed by atoms with Gasteiger partial charge in [-0.3, -0.25) is 24.2 Å². The number of carbonyl (C=O) groups is 5. The lowest BCUT2D eigenvalue weighted by Gasteiger charge is -2.32. The summed E-state index contributed by atoms with van der Waals surface area (Å²) in [6, 6.07) is -3.46. The minimum Gasteiger partial charge on any atom is -0.480 e. The molecule has 36 heavy (non-hydrogen) atoms. The first kappa shape index (κ1) is 29.2. The van der Waals surface area contributed by atoms with Gasteiger partial charge in [-0.2, -0.15) is 12.6 Å². The maximum atomic E-state index is 13.3. The molecule has 202 valence electrons. The zero-order valence-electron chi connectivity index (χ0n) is 20.1. The Bertz CT molecular complexity index is 867. The Labute approximate surface area is 214 Å². The predicted octanol–water partition coefficient (Wildman–Crippen LogP) is -3.04. The Balaban J connectivity index is 1.93. The fourth-order valence-electron chi connectivity index (χ4n) is 4.35. The Kier molecular flexibility index (Phi) is 11.2. The number of nitrogens with one attached hydrogen (secondary N) is 2. The summed E-state index contributed by atoms with van der Waals surface area (Å²) in [6.07, 6.45) is 3.00. The van der Waals surface area contributed by atoms with Crippen LogP contribution in [-0.4, -0.2) is 107 Å². The fraction of sp³-hybridized carbons (Fsp3) is 0.714. The van der Waals surface area contributed by atoms with Gasteiger partial charge in [-0.1, -0.05) is 0 Å². The van der Waals surface area contributed by atoms with Gasteiger partial charge in [0.1, 0.15) is 18.1 Å². The molecule has 0 radical (unpaired) electrons. The van der Waals surface area contributed by atoms with Crippen molar-refractivity contribution >= 4 is 48.2 Å². The molecular weight excluding hydrogens is 492 g/mol. The minimum absolute atomic E-state index is 0.0351. The number of carboxylic acid groups (broad SMARTS) is 1. The Morgan fingerprint density at radius 2 is 1.69 bits per heavy atom. The van der Waals surface area contributed by atoms with Crippen LogP contribution in [0.5, 0.6) is 0 Å². The molecule has 0 spiro atoms. The number of carbonyl (C=O) groups excluding carboxylic acids is 4. The van der Waals surface area contributed by atoms with Gasteiger partial charge >= 0.3 is 5.97 Å². The predicted molar refractivity (Wildman–Crippen MR) is 134 cm³/mol. The maximum absolute atomic E-state index is 13.3. The van der Waals surface area contributed by atoms with Crippen molar-refractivity contribution in [3.05, 3.63) is 0 Å². The second-order valence-corrected chi connectivity index (χ2v) is 9.16. The highest BCUT2D eigenvalue weighted by molar-refractivity contribution is 7.80. The van der Waals surface area contributed by atoms with Crippen molar-refractivity contribution in [2.24, 2.45) is 22.2 Å². The molecule has 4 unspecified atom stereocenters. The van der Waals surface area contributed by atoms with Crippen molar-refractivity contribution in [3.63, 3.8) is 0 Å². The second kappa shape index (κ2) is 13.9. The van der Waals surface area contributed by atoms with E-state index in [2.05, 4.69) is 28.3 Å². The largest absolute Gasteiger partial charge is 0.480 e. The highest BCUT2D eigenvalue weighted by atomic mass is 32.1. The van der Waals surface area contributed by atoms with Gasteiger partial charge in [0.15, 0.2) is 5.96 Å². The molecule has 2 aliphatic rings. The summed E-state index contributed by atoms with van der Waals surface area (Å²) in [7, 11) is 0. The lowest BCUT2D eigenvalue weighted by atomic mass is 10.1. The molecule has 2 rings (SSSR count). The lowest BCUT2D eigenvalue weighted by molar-refractivity contribution is -0.147. The summed E-state index contributed by atoms with van der Waals surface area (Å²) in [4.78, 5) is 68.8. The molecule has 0 aromatic heterocycles. The molecule has 2 fully saturated rings. The monoisotopic (exact) mass is 528 g/mol. The molecule has 0 aromatic carbocycles. The molecule has 4 amide bonds. The highest BCUT2D eigenvalue weighted by Crippen LogP contribution is 2.25. The second-order valence-electron chi connectivity index (χ2n) is 8.79. The number of aliphatic imine (C=N–C) groups is 1. The molecule has 2 saturated heterocycles.